The first-order valence-electron chi connectivity index (χ1n) is 14.2. The number of benzene rings is 3. The van der Waals surface area contributed by atoms with Crippen LogP contribution in [0.25, 0.3) is 0 Å². The Morgan fingerprint density at radius 2 is 1.56 bits per heavy atom. The van der Waals surface area contributed by atoms with Crippen molar-refractivity contribution in [3.05, 3.63) is 136 Å². The zero-order valence-corrected chi connectivity index (χ0v) is 24.3. The maximum absolute atomic E-state index is 6.31. The number of ether oxygens (including phenoxy) is 1. The summed E-state index contributed by atoms with van der Waals surface area (Å²) in [6, 6.07) is 29.9. The van der Waals surface area contributed by atoms with E-state index in [1.165, 1.54) is 11.1 Å². The fraction of sp³-hybridized carbons (Fsp3) is 0.294. The highest BCUT2D eigenvalue weighted by Gasteiger charge is 2.37. The summed E-state index contributed by atoms with van der Waals surface area (Å²) in [6.07, 6.45) is 4.21. The largest absolute Gasteiger partial charge is 0.488 e. The lowest BCUT2D eigenvalue weighted by Gasteiger charge is -2.42. The second kappa shape index (κ2) is 11.9. The molecule has 3 heterocycles. The van der Waals surface area contributed by atoms with Gasteiger partial charge in [-0.25, -0.2) is 0 Å². The molecule has 210 valence electrons. The molecular formula is C34H35ClN4O2. The molecule has 7 heteroatoms. The molecule has 1 saturated heterocycles. The average Bonchev–Trinajstić information content (AvgIpc) is 3.59. The number of rotatable bonds is 9. The first-order valence-corrected chi connectivity index (χ1v) is 14.6. The molecule has 0 bridgehead atoms. The van der Waals surface area contributed by atoms with Crippen molar-refractivity contribution in [1.82, 2.24) is 19.8 Å². The van der Waals surface area contributed by atoms with E-state index in [1.54, 1.807) is 0 Å². The third kappa shape index (κ3) is 5.95. The number of piperidine rings is 1. The molecule has 41 heavy (non-hydrogen) atoms. The fourth-order valence-corrected chi connectivity index (χ4v) is 6.14. The molecule has 1 fully saturated rings. The highest BCUT2D eigenvalue weighted by atomic mass is 35.5. The number of hydrogen-bond acceptors (Lipinski definition) is 5. The molecule has 0 aliphatic carbocycles. The SMILES string of the molecule is Cc1noc(C)c1COc1cc(Cl)ccc1Cn1ccc(CN2CCC(c3ccccc3)(c3ccccc3)CC2)n1. The normalized spacial score (nSPS) is 15.2. The van der Waals surface area contributed by atoms with Crippen LogP contribution in [0.4, 0.5) is 0 Å². The van der Waals surface area contributed by atoms with E-state index in [9.17, 15) is 0 Å². The minimum absolute atomic E-state index is 0.0486. The molecule has 6 rings (SSSR count). The minimum Gasteiger partial charge on any atom is -0.488 e. The van der Waals surface area contributed by atoms with E-state index < -0.39 is 0 Å². The van der Waals surface area contributed by atoms with Crippen molar-refractivity contribution >= 4 is 11.6 Å². The van der Waals surface area contributed by atoms with Gasteiger partial charge in [-0.1, -0.05) is 83.5 Å². The van der Waals surface area contributed by atoms with Crippen LogP contribution in [0.3, 0.4) is 0 Å². The van der Waals surface area contributed by atoms with Crippen LogP contribution in [0.1, 0.15) is 52.2 Å². The molecule has 0 radical (unpaired) electrons. The molecule has 1 aliphatic rings. The van der Waals surface area contributed by atoms with Crippen LogP contribution in [0.15, 0.2) is 95.6 Å². The van der Waals surface area contributed by atoms with Crippen molar-refractivity contribution in [3.63, 3.8) is 0 Å². The van der Waals surface area contributed by atoms with Crippen molar-refractivity contribution in [2.45, 2.75) is 51.8 Å². The summed E-state index contributed by atoms with van der Waals surface area (Å²) >= 11 is 6.31. The highest BCUT2D eigenvalue weighted by Crippen LogP contribution is 2.41. The monoisotopic (exact) mass is 566 g/mol. The molecule has 0 spiro atoms. The Labute approximate surface area is 246 Å². The zero-order valence-electron chi connectivity index (χ0n) is 23.6. The van der Waals surface area contributed by atoms with Gasteiger partial charge in [-0.2, -0.15) is 5.10 Å². The van der Waals surface area contributed by atoms with Crippen LogP contribution < -0.4 is 4.74 Å². The van der Waals surface area contributed by atoms with E-state index in [0.717, 1.165) is 66.5 Å². The van der Waals surface area contributed by atoms with Gasteiger partial charge >= 0.3 is 0 Å². The van der Waals surface area contributed by atoms with E-state index >= 15 is 0 Å². The van der Waals surface area contributed by atoms with Gasteiger partial charge in [0.15, 0.2) is 0 Å². The lowest BCUT2D eigenvalue weighted by atomic mass is 9.68. The second-order valence-corrected chi connectivity index (χ2v) is 11.4. The van der Waals surface area contributed by atoms with Crippen LogP contribution in [-0.2, 0) is 25.1 Å². The first kappa shape index (κ1) is 27.3. The Balaban J connectivity index is 1.12. The molecule has 3 aromatic carbocycles. The van der Waals surface area contributed by atoms with Gasteiger partial charge in [0.1, 0.15) is 18.1 Å². The topological polar surface area (TPSA) is 56.3 Å². The third-order valence-electron chi connectivity index (χ3n) is 8.36. The molecule has 0 atom stereocenters. The maximum atomic E-state index is 6.31. The number of nitrogens with zero attached hydrogens (tertiary/aromatic N) is 4. The van der Waals surface area contributed by atoms with Gasteiger partial charge in [0.2, 0.25) is 0 Å². The van der Waals surface area contributed by atoms with E-state index in [1.807, 2.05) is 42.9 Å². The fourth-order valence-electron chi connectivity index (χ4n) is 5.98. The molecule has 6 nitrogen and oxygen atoms in total. The van der Waals surface area contributed by atoms with E-state index in [2.05, 4.69) is 76.8 Å². The van der Waals surface area contributed by atoms with Crippen molar-refractivity contribution in [2.24, 2.45) is 0 Å². The van der Waals surface area contributed by atoms with Crippen LogP contribution in [-0.4, -0.2) is 32.9 Å². The first-order chi connectivity index (χ1) is 20.0. The Bertz CT molecular complexity index is 1530. The van der Waals surface area contributed by atoms with E-state index in [4.69, 9.17) is 26.0 Å². The Morgan fingerprint density at radius 3 is 2.20 bits per heavy atom. The smallest absolute Gasteiger partial charge is 0.140 e. The van der Waals surface area contributed by atoms with E-state index in [0.29, 0.717) is 18.2 Å². The lowest BCUT2D eigenvalue weighted by molar-refractivity contribution is 0.170. The predicted octanol–water partition coefficient (Wildman–Crippen LogP) is 7.35. The van der Waals surface area contributed by atoms with Gasteiger partial charge in [0, 0.05) is 28.7 Å². The lowest BCUT2D eigenvalue weighted by Crippen LogP contribution is -2.43. The molecular weight excluding hydrogens is 532 g/mol. The molecule has 1 aliphatic heterocycles. The molecule has 0 amide bonds. The van der Waals surface area contributed by atoms with Crippen molar-refractivity contribution < 1.29 is 9.26 Å². The van der Waals surface area contributed by atoms with Gasteiger partial charge in [-0.3, -0.25) is 9.58 Å². The van der Waals surface area contributed by atoms with Gasteiger partial charge < -0.3 is 9.26 Å². The summed E-state index contributed by atoms with van der Waals surface area (Å²) < 4.78 is 13.4. The molecule has 0 saturated carbocycles. The third-order valence-corrected chi connectivity index (χ3v) is 8.59. The standard InChI is InChI=1S/C34H35ClN4O2/c1-25-32(26(2)41-37-25)24-40-33-21-30(35)14-13-27(33)22-39-18-15-31(36-39)23-38-19-16-34(17-20-38,28-9-5-3-6-10-28)29-11-7-4-8-12-29/h3-15,18,21H,16-17,19-20,22-24H2,1-2H3. The highest BCUT2D eigenvalue weighted by molar-refractivity contribution is 6.30. The molecule has 0 N–H and O–H groups in total. The zero-order chi connectivity index (χ0) is 28.2. The Hall–Kier alpha value is -3.87. The maximum Gasteiger partial charge on any atom is 0.140 e. The van der Waals surface area contributed by atoms with Crippen molar-refractivity contribution in [3.8, 4) is 5.75 Å². The van der Waals surface area contributed by atoms with Crippen molar-refractivity contribution in [1.29, 1.82) is 0 Å². The van der Waals surface area contributed by atoms with Gasteiger partial charge in [-0.05, 0) is 69.1 Å². The summed E-state index contributed by atoms with van der Waals surface area (Å²) in [4.78, 5) is 2.53. The van der Waals surface area contributed by atoms with Gasteiger partial charge in [-0.15, -0.1) is 0 Å². The minimum atomic E-state index is 0.0486. The Kier molecular flexibility index (Phi) is 7.95. The average molecular weight is 567 g/mol. The van der Waals surface area contributed by atoms with Crippen LogP contribution in [0, 0.1) is 13.8 Å². The number of hydrogen-bond donors (Lipinski definition) is 0. The number of aryl methyl sites for hydroxylation is 2. The quantitative estimate of drug-likeness (QED) is 0.187. The van der Waals surface area contributed by atoms with Gasteiger partial charge in [0.05, 0.1) is 23.5 Å². The summed E-state index contributed by atoms with van der Waals surface area (Å²) in [5.74, 6) is 1.51. The number of aromatic nitrogens is 3. The van der Waals surface area contributed by atoms with Crippen molar-refractivity contribution in [2.75, 3.05) is 13.1 Å². The molecule has 0 unspecified atom stereocenters. The van der Waals surface area contributed by atoms with Gasteiger partial charge in [0.25, 0.3) is 0 Å². The summed E-state index contributed by atoms with van der Waals surface area (Å²) in [7, 11) is 0. The van der Waals surface area contributed by atoms with E-state index in [-0.39, 0.29) is 5.41 Å². The van der Waals surface area contributed by atoms with Crippen LogP contribution >= 0.6 is 11.6 Å². The molecule has 2 aromatic heterocycles. The summed E-state index contributed by atoms with van der Waals surface area (Å²) in [5, 5.41) is 9.58. The van der Waals surface area contributed by atoms with Crippen LogP contribution in [0.5, 0.6) is 5.75 Å². The number of likely N-dealkylation sites (tertiary alicyclic amines) is 1. The Morgan fingerprint density at radius 1 is 0.878 bits per heavy atom. The summed E-state index contributed by atoms with van der Waals surface area (Å²) in [6.45, 7) is 7.67. The summed E-state index contributed by atoms with van der Waals surface area (Å²) in [5.41, 5.74) is 6.75. The number of halogens is 1. The molecule has 5 aromatic rings. The second-order valence-electron chi connectivity index (χ2n) is 10.9. The van der Waals surface area contributed by atoms with Crippen LogP contribution in [0.2, 0.25) is 5.02 Å². The predicted molar refractivity (Wildman–Crippen MR) is 161 cm³/mol.